The van der Waals surface area contributed by atoms with E-state index >= 15 is 0 Å². The minimum Gasteiger partial charge on any atom is -0.489 e. The molecule has 1 heterocycles. The van der Waals surface area contributed by atoms with Gasteiger partial charge in [0.05, 0.1) is 17.4 Å². The molecule has 3 amide bonds. The Morgan fingerprint density at radius 1 is 1.12 bits per heavy atom. The number of rotatable bonds is 10. The maximum Gasteiger partial charge on any atom is 0.325 e. The highest BCUT2D eigenvalue weighted by atomic mass is 32.2. The van der Waals surface area contributed by atoms with E-state index in [1.807, 2.05) is 75.4 Å². The first-order valence-electron chi connectivity index (χ1n) is 11.0. The summed E-state index contributed by atoms with van der Waals surface area (Å²) in [7, 11) is 1.62. The van der Waals surface area contributed by atoms with E-state index < -0.39 is 5.41 Å². The lowest BCUT2D eigenvalue weighted by molar-refractivity contribution is -0.158. The summed E-state index contributed by atoms with van der Waals surface area (Å²) < 4.78 is 11.0. The van der Waals surface area contributed by atoms with Gasteiger partial charge in [-0.1, -0.05) is 56.3 Å². The van der Waals surface area contributed by atoms with E-state index in [2.05, 4.69) is 5.32 Å². The van der Waals surface area contributed by atoms with Crippen LogP contribution in [0.2, 0.25) is 0 Å². The van der Waals surface area contributed by atoms with Crippen molar-refractivity contribution in [1.82, 2.24) is 10.2 Å². The van der Waals surface area contributed by atoms with Gasteiger partial charge in [-0.05, 0) is 43.0 Å². The highest BCUT2D eigenvalue weighted by Gasteiger charge is 2.61. The molecular formula is C25H32N2O4S. The molecule has 0 aromatic heterocycles. The Hall–Kier alpha value is -2.51. The first-order valence-corrected chi connectivity index (χ1v) is 12.0. The Bertz CT molecular complexity index is 900. The number of imide groups is 1. The smallest absolute Gasteiger partial charge is 0.325 e. The van der Waals surface area contributed by atoms with Crippen molar-refractivity contribution in [3.8, 4) is 5.75 Å². The highest BCUT2D eigenvalue weighted by Crippen LogP contribution is 2.50. The Balaban J connectivity index is 1.60. The molecule has 2 atom stereocenters. The Morgan fingerprint density at radius 3 is 2.38 bits per heavy atom. The molecule has 1 fully saturated rings. The Labute approximate surface area is 194 Å². The maximum atomic E-state index is 13.0. The molecule has 1 aliphatic heterocycles. The molecule has 1 saturated heterocycles. The largest absolute Gasteiger partial charge is 0.489 e. The normalized spacial score (nSPS) is 18.1. The van der Waals surface area contributed by atoms with Crippen molar-refractivity contribution in [2.45, 2.75) is 51.6 Å². The molecule has 0 radical (unpaired) electrons. The molecule has 0 aliphatic carbocycles. The van der Waals surface area contributed by atoms with Crippen LogP contribution in [0.1, 0.15) is 50.8 Å². The van der Waals surface area contributed by atoms with Crippen LogP contribution in [0, 0.1) is 5.41 Å². The lowest BCUT2D eigenvalue weighted by Crippen LogP contribution is -2.70. The summed E-state index contributed by atoms with van der Waals surface area (Å²) in [5.41, 5.74) is 1.55. The average Bonchev–Trinajstić information content (AvgIpc) is 2.82. The predicted molar refractivity (Wildman–Crippen MR) is 127 cm³/mol. The lowest BCUT2D eigenvalue weighted by Gasteiger charge is -2.53. The second-order valence-corrected chi connectivity index (χ2v) is 8.99. The monoisotopic (exact) mass is 456 g/mol. The number of thioether (sulfide) groups is 1. The maximum absolute atomic E-state index is 13.0. The molecule has 2 unspecified atom stereocenters. The second kappa shape index (κ2) is 10.9. The van der Waals surface area contributed by atoms with E-state index in [1.54, 1.807) is 7.11 Å². The van der Waals surface area contributed by atoms with Gasteiger partial charge in [0, 0.05) is 7.11 Å². The second-order valence-electron chi connectivity index (χ2n) is 7.98. The zero-order chi connectivity index (χ0) is 23.1. The van der Waals surface area contributed by atoms with E-state index in [4.69, 9.17) is 9.47 Å². The van der Waals surface area contributed by atoms with Gasteiger partial charge in [-0.2, -0.15) is 0 Å². The summed E-state index contributed by atoms with van der Waals surface area (Å²) in [6.45, 7) is 6.41. The number of methoxy groups -OCH3 is 1. The van der Waals surface area contributed by atoms with E-state index in [0.29, 0.717) is 25.4 Å². The number of benzene rings is 2. The number of likely N-dealkylation sites (tertiary alicyclic amines) is 1. The Kier molecular flexibility index (Phi) is 8.21. The van der Waals surface area contributed by atoms with Crippen LogP contribution in [-0.4, -0.2) is 35.3 Å². The summed E-state index contributed by atoms with van der Waals surface area (Å²) in [6.07, 6.45) is 1.40. The molecule has 32 heavy (non-hydrogen) atoms. The molecule has 0 bridgehead atoms. The van der Waals surface area contributed by atoms with Gasteiger partial charge < -0.3 is 14.8 Å². The van der Waals surface area contributed by atoms with E-state index in [9.17, 15) is 9.59 Å². The topological polar surface area (TPSA) is 67.9 Å². The highest BCUT2D eigenvalue weighted by molar-refractivity contribution is 7.99. The fourth-order valence-electron chi connectivity index (χ4n) is 4.03. The van der Waals surface area contributed by atoms with Crippen molar-refractivity contribution in [2.24, 2.45) is 5.41 Å². The van der Waals surface area contributed by atoms with Gasteiger partial charge in [0.15, 0.2) is 0 Å². The third-order valence-electron chi connectivity index (χ3n) is 6.14. The molecule has 2 aromatic rings. The number of hydrogen-bond donors (Lipinski definition) is 1. The van der Waals surface area contributed by atoms with Crippen LogP contribution in [0.5, 0.6) is 5.75 Å². The SMILES string of the molecule is CCC1(CC)C(=O)N(C(=O)NC(C)c2ccc(OCc3ccccc3)cc2)C1SCOC. The number of ether oxygens (including phenoxy) is 2. The molecule has 2 aromatic carbocycles. The number of β-lactam (4-membered cyclic amide) rings is 1. The van der Waals surface area contributed by atoms with E-state index in [1.165, 1.54) is 16.7 Å². The van der Waals surface area contributed by atoms with Crippen molar-refractivity contribution in [1.29, 1.82) is 0 Å². The van der Waals surface area contributed by atoms with Crippen LogP contribution in [0.4, 0.5) is 4.79 Å². The zero-order valence-electron chi connectivity index (χ0n) is 19.2. The van der Waals surface area contributed by atoms with Crippen LogP contribution in [0.25, 0.3) is 0 Å². The van der Waals surface area contributed by atoms with Gasteiger partial charge >= 0.3 is 6.03 Å². The Morgan fingerprint density at radius 2 is 1.78 bits per heavy atom. The van der Waals surface area contributed by atoms with Crippen molar-refractivity contribution in [3.63, 3.8) is 0 Å². The fraction of sp³-hybridized carbons (Fsp3) is 0.440. The van der Waals surface area contributed by atoms with Gasteiger partial charge in [-0.3, -0.25) is 4.79 Å². The number of nitrogens with one attached hydrogen (secondary N) is 1. The standard InChI is InChI=1S/C25H32N2O4S/c1-5-25(6-2)22(28)27(23(25)32-17-30-4)24(29)26-18(3)20-12-14-21(15-13-20)31-16-19-10-8-7-9-11-19/h7-15,18,23H,5-6,16-17H2,1-4H3,(H,26,29). The first-order chi connectivity index (χ1) is 15.5. The van der Waals surface area contributed by atoms with Crippen molar-refractivity contribution in [2.75, 3.05) is 13.0 Å². The van der Waals surface area contributed by atoms with Crippen LogP contribution in [0.15, 0.2) is 54.6 Å². The van der Waals surface area contributed by atoms with Crippen molar-refractivity contribution >= 4 is 23.7 Å². The van der Waals surface area contributed by atoms with Crippen molar-refractivity contribution in [3.05, 3.63) is 65.7 Å². The number of urea groups is 1. The minimum atomic E-state index is -0.498. The fourth-order valence-corrected chi connectivity index (χ4v) is 5.39. The molecule has 7 heteroatoms. The van der Waals surface area contributed by atoms with Gasteiger partial charge in [-0.15, -0.1) is 11.8 Å². The van der Waals surface area contributed by atoms with Crippen LogP contribution < -0.4 is 10.1 Å². The summed E-state index contributed by atoms with van der Waals surface area (Å²) in [6, 6.07) is 17.0. The van der Waals surface area contributed by atoms with Crippen molar-refractivity contribution < 1.29 is 19.1 Å². The number of carbonyl (C=O) groups excluding carboxylic acids is 2. The molecule has 1 N–H and O–H groups in total. The minimum absolute atomic E-state index is 0.106. The van der Waals surface area contributed by atoms with Crippen LogP contribution in [-0.2, 0) is 16.1 Å². The summed E-state index contributed by atoms with van der Waals surface area (Å²) in [5.74, 6) is 1.09. The lowest BCUT2D eigenvalue weighted by atomic mass is 9.73. The quantitative estimate of drug-likeness (QED) is 0.386. The number of amides is 3. The molecule has 0 saturated carbocycles. The van der Waals surface area contributed by atoms with E-state index in [0.717, 1.165) is 16.9 Å². The molecule has 6 nitrogen and oxygen atoms in total. The summed E-state index contributed by atoms with van der Waals surface area (Å²) in [5, 5.41) is 2.75. The number of hydrogen-bond acceptors (Lipinski definition) is 5. The van der Waals surface area contributed by atoms with Gasteiger partial charge in [-0.25, -0.2) is 9.69 Å². The molecule has 1 aliphatic rings. The van der Waals surface area contributed by atoms with E-state index in [-0.39, 0.29) is 23.4 Å². The molecule has 172 valence electrons. The average molecular weight is 457 g/mol. The zero-order valence-corrected chi connectivity index (χ0v) is 20.0. The van der Waals surface area contributed by atoms with Gasteiger partial charge in [0.1, 0.15) is 17.7 Å². The number of carbonyl (C=O) groups is 2. The third-order valence-corrected chi connectivity index (χ3v) is 7.49. The first kappa shape index (κ1) is 24.1. The van der Waals surface area contributed by atoms with Crippen LogP contribution >= 0.6 is 11.8 Å². The van der Waals surface area contributed by atoms with Gasteiger partial charge in [0.2, 0.25) is 5.91 Å². The molecule has 3 rings (SSSR count). The summed E-state index contributed by atoms with van der Waals surface area (Å²) in [4.78, 5) is 27.2. The van der Waals surface area contributed by atoms with Crippen LogP contribution in [0.3, 0.4) is 0 Å². The van der Waals surface area contributed by atoms with Gasteiger partial charge in [0.25, 0.3) is 0 Å². The molecule has 0 spiro atoms. The third kappa shape index (κ3) is 4.94. The predicted octanol–water partition coefficient (Wildman–Crippen LogP) is 5.35. The number of nitrogens with zero attached hydrogens (tertiary/aromatic N) is 1. The summed E-state index contributed by atoms with van der Waals surface area (Å²) >= 11 is 1.49. The molecular weight excluding hydrogens is 424 g/mol.